The van der Waals surface area contributed by atoms with Crippen molar-refractivity contribution in [3.8, 4) is 5.69 Å². The van der Waals surface area contributed by atoms with E-state index < -0.39 is 35.2 Å². The summed E-state index contributed by atoms with van der Waals surface area (Å²) < 4.78 is 79.7. The van der Waals surface area contributed by atoms with E-state index in [9.17, 15) is 31.1 Å². The molecule has 0 bridgehead atoms. The SMILES string of the molecule is Nc1nccc2c1ccn2-c1ccc(NC(=O)Nc2cc(C(F)(F)F)cc(C(F)(F)F)c2)cc1. The number of carbonyl (C=O) groups is 1. The van der Waals surface area contributed by atoms with Gasteiger partial charge >= 0.3 is 18.4 Å². The highest BCUT2D eigenvalue weighted by atomic mass is 19.4. The van der Waals surface area contributed by atoms with Crippen molar-refractivity contribution in [2.24, 2.45) is 0 Å². The average molecular weight is 479 g/mol. The van der Waals surface area contributed by atoms with Crippen molar-refractivity contribution in [1.29, 1.82) is 0 Å². The number of benzene rings is 2. The summed E-state index contributed by atoms with van der Waals surface area (Å²) in [7, 11) is 0. The molecule has 0 atom stereocenters. The lowest BCUT2D eigenvalue weighted by molar-refractivity contribution is -0.143. The number of nitrogens with two attached hydrogens (primary N) is 1. The molecule has 2 aromatic heterocycles. The van der Waals surface area contributed by atoms with E-state index in [0.717, 1.165) is 16.6 Å². The quantitative estimate of drug-likeness (QED) is 0.302. The third-order valence-corrected chi connectivity index (χ3v) is 4.90. The van der Waals surface area contributed by atoms with Gasteiger partial charge in [0.05, 0.1) is 16.6 Å². The van der Waals surface area contributed by atoms with E-state index in [1.165, 1.54) is 12.1 Å². The highest BCUT2D eigenvalue weighted by molar-refractivity contribution is 6.00. The number of pyridine rings is 1. The van der Waals surface area contributed by atoms with Crippen LogP contribution < -0.4 is 16.4 Å². The van der Waals surface area contributed by atoms with Crippen LogP contribution in [0.15, 0.2) is 67.0 Å². The zero-order valence-corrected chi connectivity index (χ0v) is 17.0. The van der Waals surface area contributed by atoms with Crippen LogP contribution in [0.4, 0.5) is 48.3 Å². The Labute approximate surface area is 188 Å². The Bertz CT molecular complexity index is 1330. The van der Waals surface area contributed by atoms with E-state index in [1.807, 2.05) is 9.88 Å². The first-order valence-corrected chi connectivity index (χ1v) is 9.61. The largest absolute Gasteiger partial charge is 0.416 e. The number of anilines is 3. The molecule has 176 valence electrons. The molecule has 4 N–H and O–H groups in total. The second-order valence-corrected chi connectivity index (χ2v) is 7.24. The van der Waals surface area contributed by atoms with Gasteiger partial charge in [0.25, 0.3) is 0 Å². The maximum atomic E-state index is 13.0. The fourth-order valence-electron chi connectivity index (χ4n) is 3.34. The number of nitrogens with zero attached hydrogens (tertiary/aromatic N) is 2. The zero-order chi connectivity index (χ0) is 24.7. The highest BCUT2D eigenvalue weighted by Crippen LogP contribution is 2.37. The van der Waals surface area contributed by atoms with Gasteiger partial charge in [0, 0.05) is 34.8 Å². The minimum atomic E-state index is -5.02. The standard InChI is InChI=1S/C22H15F6N5O/c23-21(24,25)12-9-13(22(26,27)28)11-15(10-12)32-20(34)31-14-1-3-16(4-2-14)33-8-6-17-18(33)5-7-30-19(17)29/h1-11H,(H2,29,30)(H2,31,32,34). The molecule has 2 amide bonds. The number of nitrogens with one attached hydrogen (secondary N) is 2. The Morgan fingerprint density at radius 3 is 2.00 bits per heavy atom. The Hall–Kier alpha value is -4.22. The number of hydrogen-bond donors (Lipinski definition) is 3. The van der Waals surface area contributed by atoms with Crippen molar-refractivity contribution in [2.45, 2.75) is 12.4 Å². The number of nitrogen functional groups attached to an aromatic ring is 1. The van der Waals surface area contributed by atoms with Gasteiger partial charge < -0.3 is 20.9 Å². The lowest BCUT2D eigenvalue weighted by atomic mass is 10.1. The lowest BCUT2D eigenvalue weighted by Crippen LogP contribution is -2.20. The summed E-state index contributed by atoms with van der Waals surface area (Å²) in [4.78, 5) is 16.2. The number of carbonyl (C=O) groups excluding carboxylic acids is 1. The lowest BCUT2D eigenvalue weighted by Gasteiger charge is -2.15. The summed E-state index contributed by atoms with van der Waals surface area (Å²) in [5, 5.41) is 5.14. The van der Waals surface area contributed by atoms with Gasteiger partial charge in [-0.15, -0.1) is 0 Å². The van der Waals surface area contributed by atoms with Gasteiger partial charge in [-0.25, -0.2) is 9.78 Å². The molecule has 2 heterocycles. The zero-order valence-electron chi connectivity index (χ0n) is 17.0. The van der Waals surface area contributed by atoms with Gasteiger partial charge in [0.15, 0.2) is 0 Å². The minimum absolute atomic E-state index is 0.0174. The molecule has 0 spiro atoms. The van der Waals surface area contributed by atoms with E-state index >= 15 is 0 Å². The molecule has 0 radical (unpaired) electrons. The number of rotatable bonds is 3. The molecular formula is C22H15F6N5O. The van der Waals surface area contributed by atoms with Crippen LogP contribution in [0.25, 0.3) is 16.6 Å². The molecule has 0 aliphatic heterocycles. The van der Waals surface area contributed by atoms with Crippen molar-refractivity contribution in [3.05, 3.63) is 78.1 Å². The number of alkyl halides is 6. The number of fused-ring (bicyclic) bond motifs is 1. The highest BCUT2D eigenvalue weighted by Gasteiger charge is 2.37. The van der Waals surface area contributed by atoms with Gasteiger partial charge in [-0.3, -0.25) is 0 Å². The number of urea groups is 1. The predicted octanol–water partition coefficient (Wildman–Crippen LogP) is 6.29. The molecule has 0 saturated heterocycles. The first kappa shape index (κ1) is 23.0. The Balaban J connectivity index is 1.52. The topological polar surface area (TPSA) is 85.0 Å². The van der Waals surface area contributed by atoms with E-state index in [4.69, 9.17) is 5.73 Å². The molecule has 0 saturated carbocycles. The van der Waals surface area contributed by atoms with Crippen LogP contribution in [0.3, 0.4) is 0 Å². The molecule has 0 fully saturated rings. The molecule has 0 unspecified atom stereocenters. The summed E-state index contributed by atoms with van der Waals surface area (Å²) in [6.07, 6.45) is -6.70. The molecule has 34 heavy (non-hydrogen) atoms. The van der Waals surface area contributed by atoms with Crippen LogP contribution in [0.2, 0.25) is 0 Å². The summed E-state index contributed by atoms with van der Waals surface area (Å²) >= 11 is 0. The monoisotopic (exact) mass is 479 g/mol. The van der Waals surface area contributed by atoms with E-state index in [-0.39, 0.29) is 11.8 Å². The van der Waals surface area contributed by atoms with Crippen LogP contribution in [-0.4, -0.2) is 15.6 Å². The molecule has 12 heteroatoms. The van der Waals surface area contributed by atoms with E-state index in [1.54, 1.807) is 36.7 Å². The number of amides is 2. The third-order valence-electron chi connectivity index (χ3n) is 4.90. The number of hydrogen-bond acceptors (Lipinski definition) is 3. The van der Waals surface area contributed by atoms with Crippen molar-refractivity contribution < 1.29 is 31.1 Å². The second kappa shape index (κ2) is 8.28. The molecule has 4 aromatic rings. The molecule has 6 nitrogen and oxygen atoms in total. The molecule has 4 rings (SSSR count). The Morgan fingerprint density at radius 1 is 0.824 bits per heavy atom. The maximum Gasteiger partial charge on any atom is 0.416 e. The maximum absolute atomic E-state index is 13.0. The van der Waals surface area contributed by atoms with Gasteiger partial charge in [-0.05, 0) is 54.6 Å². The van der Waals surface area contributed by atoms with Gasteiger partial charge in [0.1, 0.15) is 5.82 Å². The second-order valence-electron chi connectivity index (χ2n) is 7.24. The number of aromatic nitrogens is 2. The first-order chi connectivity index (χ1) is 15.9. The molecule has 2 aromatic carbocycles. The smallest absolute Gasteiger partial charge is 0.383 e. The van der Waals surface area contributed by atoms with Crippen LogP contribution in [0, 0.1) is 0 Å². The summed E-state index contributed by atoms with van der Waals surface area (Å²) in [6.45, 7) is 0. The van der Waals surface area contributed by atoms with E-state index in [2.05, 4.69) is 10.3 Å². The minimum Gasteiger partial charge on any atom is -0.383 e. The summed E-state index contributed by atoms with van der Waals surface area (Å²) in [5.74, 6) is 0.370. The fraction of sp³-hybridized carbons (Fsp3) is 0.0909. The van der Waals surface area contributed by atoms with Crippen LogP contribution >= 0.6 is 0 Å². The van der Waals surface area contributed by atoms with Gasteiger partial charge in [-0.1, -0.05) is 0 Å². The number of halogens is 6. The molecular weight excluding hydrogens is 464 g/mol. The van der Waals surface area contributed by atoms with Crippen molar-refractivity contribution >= 4 is 34.1 Å². The first-order valence-electron chi connectivity index (χ1n) is 9.61. The fourth-order valence-corrected chi connectivity index (χ4v) is 3.34. The Morgan fingerprint density at radius 2 is 1.41 bits per heavy atom. The van der Waals surface area contributed by atoms with Crippen LogP contribution in [-0.2, 0) is 12.4 Å². The van der Waals surface area contributed by atoms with Crippen molar-refractivity contribution in [3.63, 3.8) is 0 Å². The van der Waals surface area contributed by atoms with Gasteiger partial charge in [-0.2, -0.15) is 26.3 Å². The van der Waals surface area contributed by atoms with Gasteiger partial charge in [0.2, 0.25) is 0 Å². The van der Waals surface area contributed by atoms with Crippen LogP contribution in [0.1, 0.15) is 11.1 Å². The summed E-state index contributed by atoms with van der Waals surface area (Å²) in [6, 6.07) is 9.77. The van der Waals surface area contributed by atoms with Crippen LogP contribution in [0.5, 0.6) is 0 Å². The molecule has 0 aliphatic carbocycles. The average Bonchev–Trinajstić information content (AvgIpc) is 3.18. The molecule has 0 aliphatic rings. The van der Waals surface area contributed by atoms with Crippen molar-refractivity contribution in [2.75, 3.05) is 16.4 Å². The summed E-state index contributed by atoms with van der Waals surface area (Å²) in [5.41, 5.74) is 3.93. The third kappa shape index (κ3) is 4.75. The van der Waals surface area contributed by atoms with E-state index in [0.29, 0.717) is 18.0 Å². The van der Waals surface area contributed by atoms with Crippen molar-refractivity contribution in [1.82, 2.24) is 9.55 Å². The predicted molar refractivity (Wildman–Crippen MR) is 115 cm³/mol. The Kier molecular flexibility index (Phi) is 5.59. The normalized spacial score (nSPS) is 12.1.